The molecule has 1 aromatic heterocycles. The van der Waals surface area contributed by atoms with Gasteiger partial charge in [0.2, 0.25) is 5.91 Å². The third-order valence-corrected chi connectivity index (χ3v) is 4.22. The Morgan fingerprint density at radius 2 is 2.11 bits per heavy atom. The van der Waals surface area contributed by atoms with Crippen LogP contribution in [0.4, 0.5) is 13.2 Å². The van der Waals surface area contributed by atoms with E-state index in [0.717, 1.165) is 16.8 Å². The minimum Gasteiger partial charge on any atom is -0.487 e. The number of amides is 1. The molecule has 0 fully saturated rings. The molecule has 0 aliphatic heterocycles. The summed E-state index contributed by atoms with van der Waals surface area (Å²) in [4.78, 5) is 17.1. The van der Waals surface area contributed by atoms with Gasteiger partial charge in [-0.2, -0.15) is 13.2 Å². The molecule has 0 saturated heterocycles. The van der Waals surface area contributed by atoms with Crippen molar-refractivity contribution in [3.05, 3.63) is 64.6 Å². The number of para-hydroxylation sites is 1. The molecule has 0 unspecified atom stereocenters. The minimum absolute atomic E-state index is 0.190. The average Bonchev–Trinajstić information content (AvgIpc) is 3.02. The summed E-state index contributed by atoms with van der Waals surface area (Å²) in [6, 6.07) is 6.96. The van der Waals surface area contributed by atoms with Crippen LogP contribution in [-0.4, -0.2) is 35.1 Å². The number of alkyl halides is 3. The van der Waals surface area contributed by atoms with Crippen molar-refractivity contribution < 1.29 is 22.7 Å². The van der Waals surface area contributed by atoms with Crippen LogP contribution in [0.5, 0.6) is 5.75 Å². The first-order valence-corrected chi connectivity index (χ1v) is 8.94. The second-order valence-electron chi connectivity index (χ2n) is 5.64. The average molecular weight is 396 g/mol. The number of carbonyl (C=O) groups is 1. The van der Waals surface area contributed by atoms with Gasteiger partial charge in [0.05, 0.1) is 10.7 Å². The lowest BCUT2D eigenvalue weighted by Gasteiger charge is -2.21. The molecule has 1 heterocycles. The number of nitrogens with zero attached hydrogens (tertiary/aromatic N) is 2. The fourth-order valence-corrected chi connectivity index (χ4v) is 2.84. The molecule has 27 heavy (non-hydrogen) atoms. The number of aryl methyl sites for hydroxylation is 1. The Morgan fingerprint density at radius 3 is 2.74 bits per heavy atom. The molecule has 2 aromatic rings. The maximum absolute atomic E-state index is 12.6. The topological polar surface area (TPSA) is 42.4 Å². The molecule has 8 heteroatoms. The van der Waals surface area contributed by atoms with Crippen molar-refractivity contribution in [1.29, 1.82) is 0 Å². The molecule has 0 saturated carbocycles. The van der Waals surface area contributed by atoms with Crippen LogP contribution in [0.25, 0.3) is 6.08 Å². The molecule has 0 aliphatic rings. The lowest BCUT2D eigenvalue weighted by molar-refractivity contribution is -0.157. The Labute approximate surface area is 159 Å². The van der Waals surface area contributed by atoms with Crippen LogP contribution in [0.15, 0.2) is 48.4 Å². The Hall–Kier alpha value is -2.61. The van der Waals surface area contributed by atoms with Crippen LogP contribution in [0.2, 0.25) is 0 Å². The van der Waals surface area contributed by atoms with Crippen molar-refractivity contribution >= 4 is 23.3 Å². The summed E-state index contributed by atoms with van der Waals surface area (Å²) in [7, 11) is 0. The fraction of sp³-hybridized carbons (Fsp3) is 0.263. The molecular weight excluding hydrogens is 377 g/mol. The van der Waals surface area contributed by atoms with Crippen molar-refractivity contribution in [2.75, 3.05) is 13.1 Å². The van der Waals surface area contributed by atoms with Gasteiger partial charge < -0.3 is 9.64 Å². The summed E-state index contributed by atoms with van der Waals surface area (Å²) >= 11 is 1.51. The first-order valence-electron chi connectivity index (χ1n) is 8.06. The molecule has 0 spiro atoms. The van der Waals surface area contributed by atoms with Gasteiger partial charge >= 0.3 is 6.18 Å². The fourth-order valence-electron chi connectivity index (χ4n) is 2.25. The summed E-state index contributed by atoms with van der Waals surface area (Å²) in [5.41, 5.74) is 1.37. The Kier molecular flexibility index (Phi) is 7.18. The van der Waals surface area contributed by atoms with Crippen LogP contribution < -0.4 is 4.74 Å². The van der Waals surface area contributed by atoms with Crippen LogP contribution in [0.1, 0.15) is 16.3 Å². The molecule has 0 radical (unpaired) electrons. The number of aromatic nitrogens is 1. The second-order valence-corrected chi connectivity index (χ2v) is 6.70. The number of carbonyl (C=O) groups excluding carboxylic acids is 1. The van der Waals surface area contributed by atoms with Crippen LogP contribution in [0.3, 0.4) is 0 Å². The summed E-state index contributed by atoms with van der Waals surface area (Å²) in [5.74, 6) is -0.240. The smallest absolute Gasteiger partial charge is 0.406 e. The number of hydrogen-bond acceptors (Lipinski definition) is 4. The molecule has 144 valence electrons. The maximum Gasteiger partial charge on any atom is 0.406 e. The highest BCUT2D eigenvalue weighted by Crippen LogP contribution is 2.22. The predicted octanol–water partition coefficient (Wildman–Crippen LogP) is 4.62. The Balaban J connectivity index is 2.08. The number of hydrogen-bond donors (Lipinski definition) is 0. The molecule has 1 aromatic carbocycles. The zero-order valence-corrected chi connectivity index (χ0v) is 15.5. The first-order chi connectivity index (χ1) is 12.8. The van der Waals surface area contributed by atoms with Crippen LogP contribution in [-0.2, 0) is 11.4 Å². The standard InChI is InChI=1S/C19H19F3N2O2S/c1-3-10-24(13-19(20,21)22)18(25)9-8-15-6-4-5-7-17(15)26-11-16-12-27-14(2)23-16/h3-9,12H,1,10-11,13H2,2H3/b9-8+. The SMILES string of the molecule is C=CCN(CC(F)(F)F)C(=O)/C=C/c1ccccc1OCc1csc(C)n1. The Bertz CT molecular complexity index is 815. The van der Waals surface area contributed by atoms with Gasteiger partial charge in [0.15, 0.2) is 0 Å². The lowest BCUT2D eigenvalue weighted by Crippen LogP contribution is -2.38. The van der Waals surface area contributed by atoms with E-state index in [9.17, 15) is 18.0 Å². The number of thiazole rings is 1. The number of benzene rings is 1. The van der Waals surface area contributed by atoms with E-state index in [2.05, 4.69) is 11.6 Å². The van der Waals surface area contributed by atoms with E-state index in [0.29, 0.717) is 16.2 Å². The van der Waals surface area contributed by atoms with Crippen LogP contribution >= 0.6 is 11.3 Å². The highest BCUT2D eigenvalue weighted by Gasteiger charge is 2.31. The monoisotopic (exact) mass is 396 g/mol. The van der Waals surface area contributed by atoms with E-state index >= 15 is 0 Å². The Morgan fingerprint density at radius 1 is 1.37 bits per heavy atom. The van der Waals surface area contributed by atoms with E-state index in [1.54, 1.807) is 24.3 Å². The molecular formula is C19H19F3N2O2S. The van der Waals surface area contributed by atoms with Gasteiger partial charge in [-0.15, -0.1) is 17.9 Å². The normalized spacial score (nSPS) is 11.6. The van der Waals surface area contributed by atoms with Crippen molar-refractivity contribution in [3.63, 3.8) is 0 Å². The number of ether oxygens (including phenoxy) is 1. The first kappa shape index (κ1) is 20.7. The third-order valence-electron chi connectivity index (χ3n) is 3.40. The van der Waals surface area contributed by atoms with Gasteiger partial charge in [-0.3, -0.25) is 4.79 Å². The summed E-state index contributed by atoms with van der Waals surface area (Å²) in [6.07, 6.45) is -0.676. The maximum atomic E-state index is 12.6. The van der Waals surface area contributed by atoms with E-state index in [1.807, 2.05) is 12.3 Å². The quantitative estimate of drug-likeness (QED) is 0.483. The second kappa shape index (κ2) is 9.36. The van der Waals surface area contributed by atoms with E-state index < -0.39 is 18.6 Å². The molecule has 0 atom stereocenters. The van der Waals surface area contributed by atoms with Gasteiger partial charge in [0.25, 0.3) is 0 Å². The highest BCUT2D eigenvalue weighted by atomic mass is 32.1. The predicted molar refractivity (Wildman–Crippen MR) is 99.5 cm³/mol. The number of halogens is 3. The van der Waals surface area contributed by atoms with Crippen LogP contribution in [0, 0.1) is 6.92 Å². The van der Waals surface area contributed by atoms with E-state index in [4.69, 9.17) is 4.74 Å². The van der Waals surface area contributed by atoms with Gasteiger partial charge in [0.1, 0.15) is 18.9 Å². The van der Waals surface area contributed by atoms with Gasteiger partial charge in [-0.25, -0.2) is 4.98 Å². The van der Waals surface area contributed by atoms with Crippen molar-refractivity contribution in [3.8, 4) is 5.75 Å². The highest BCUT2D eigenvalue weighted by molar-refractivity contribution is 7.09. The lowest BCUT2D eigenvalue weighted by atomic mass is 10.2. The molecule has 2 rings (SSSR count). The third kappa shape index (κ3) is 6.90. The minimum atomic E-state index is -4.47. The van der Waals surface area contributed by atoms with Gasteiger partial charge in [0, 0.05) is 23.6 Å². The molecule has 0 N–H and O–H groups in total. The summed E-state index contributed by atoms with van der Waals surface area (Å²) in [5, 5.41) is 2.82. The van der Waals surface area contributed by atoms with E-state index in [1.165, 1.54) is 23.5 Å². The summed E-state index contributed by atoms with van der Waals surface area (Å²) < 4.78 is 43.5. The van der Waals surface area contributed by atoms with Crippen molar-refractivity contribution in [2.24, 2.45) is 0 Å². The van der Waals surface area contributed by atoms with E-state index in [-0.39, 0.29) is 13.2 Å². The summed E-state index contributed by atoms with van der Waals surface area (Å²) in [6.45, 7) is 4.03. The number of rotatable bonds is 8. The van der Waals surface area contributed by atoms with Gasteiger partial charge in [-0.05, 0) is 19.1 Å². The largest absolute Gasteiger partial charge is 0.487 e. The molecule has 1 amide bonds. The van der Waals surface area contributed by atoms with Crippen molar-refractivity contribution in [2.45, 2.75) is 19.7 Å². The van der Waals surface area contributed by atoms with Crippen molar-refractivity contribution in [1.82, 2.24) is 9.88 Å². The zero-order chi connectivity index (χ0) is 19.9. The molecule has 4 nitrogen and oxygen atoms in total. The zero-order valence-electron chi connectivity index (χ0n) is 14.7. The molecule has 0 aliphatic carbocycles. The molecule has 0 bridgehead atoms. The van der Waals surface area contributed by atoms with Gasteiger partial charge in [-0.1, -0.05) is 24.3 Å².